The van der Waals surface area contributed by atoms with Crippen LogP contribution in [0.1, 0.15) is 16.1 Å². The van der Waals surface area contributed by atoms with E-state index in [0.29, 0.717) is 28.3 Å². The number of furan rings is 1. The minimum absolute atomic E-state index is 0.0824. The van der Waals surface area contributed by atoms with Gasteiger partial charge < -0.3 is 23.9 Å². The van der Waals surface area contributed by atoms with Crippen LogP contribution in [0.25, 0.3) is 11.0 Å². The number of carbonyl (C=O) groups is 2. The number of fused-ring (bicyclic) bond motifs is 2. The summed E-state index contributed by atoms with van der Waals surface area (Å²) in [5, 5.41) is 3.45. The van der Waals surface area contributed by atoms with Crippen LogP contribution in [-0.4, -0.2) is 25.3 Å². The number of benzene rings is 2. The van der Waals surface area contributed by atoms with E-state index in [1.807, 2.05) is 12.1 Å². The number of aryl methyl sites for hydroxylation is 1. The zero-order valence-electron chi connectivity index (χ0n) is 14.2. The zero-order chi connectivity index (χ0) is 19.0. The van der Waals surface area contributed by atoms with Crippen molar-refractivity contribution in [3.63, 3.8) is 0 Å². The SMILES string of the molecule is Cc1c(C(=O)OCC(=O)Nc2ccc3c(c2)OCO3)oc2ccc(Br)cc12. The van der Waals surface area contributed by atoms with E-state index in [4.69, 9.17) is 18.6 Å². The molecule has 0 saturated heterocycles. The van der Waals surface area contributed by atoms with Crippen LogP contribution in [0, 0.1) is 6.92 Å². The van der Waals surface area contributed by atoms with Gasteiger partial charge in [0.15, 0.2) is 18.1 Å². The van der Waals surface area contributed by atoms with Crippen LogP contribution in [0.5, 0.6) is 11.5 Å². The minimum Gasteiger partial charge on any atom is -0.454 e. The molecule has 1 amide bonds. The van der Waals surface area contributed by atoms with E-state index < -0.39 is 18.5 Å². The number of amides is 1. The number of halogens is 1. The number of carbonyl (C=O) groups excluding carboxylic acids is 2. The Morgan fingerprint density at radius 1 is 1.15 bits per heavy atom. The summed E-state index contributed by atoms with van der Waals surface area (Å²) in [7, 11) is 0. The van der Waals surface area contributed by atoms with Gasteiger partial charge in [-0.2, -0.15) is 0 Å². The molecule has 2 heterocycles. The van der Waals surface area contributed by atoms with Crippen molar-refractivity contribution in [2.75, 3.05) is 18.7 Å². The lowest BCUT2D eigenvalue weighted by atomic mass is 10.1. The van der Waals surface area contributed by atoms with Gasteiger partial charge in [-0.25, -0.2) is 4.79 Å². The number of esters is 1. The molecule has 0 fully saturated rings. The maximum Gasteiger partial charge on any atom is 0.375 e. The van der Waals surface area contributed by atoms with Crippen LogP contribution in [0.4, 0.5) is 5.69 Å². The Balaban J connectivity index is 1.40. The van der Waals surface area contributed by atoms with Gasteiger partial charge in [0.25, 0.3) is 5.91 Å². The highest BCUT2D eigenvalue weighted by molar-refractivity contribution is 9.10. The van der Waals surface area contributed by atoms with Crippen LogP contribution in [0.15, 0.2) is 45.3 Å². The third-order valence-electron chi connectivity index (χ3n) is 4.07. The van der Waals surface area contributed by atoms with E-state index >= 15 is 0 Å². The number of ether oxygens (including phenoxy) is 3. The first-order valence-corrected chi connectivity index (χ1v) is 8.86. The Morgan fingerprint density at radius 2 is 1.96 bits per heavy atom. The molecule has 0 atom stereocenters. The number of hydrogen-bond acceptors (Lipinski definition) is 6. The molecular formula is C19H14BrNO6. The van der Waals surface area contributed by atoms with Crippen molar-refractivity contribution in [3.8, 4) is 11.5 Å². The fourth-order valence-electron chi connectivity index (χ4n) is 2.76. The molecule has 8 heteroatoms. The number of hydrogen-bond donors (Lipinski definition) is 1. The molecule has 0 radical (unpaired) electrons. The second-order valence-corrected chi connectivity index (χ2v) is 6.80. The Morgan fingerprint density at radius 3 is 2.81 bits per heavy atom. The average Bonchev–Trinajstić information content (AvgIpc) is 3.24. The van der Waals surface area contributed by atoms with Crippen LogP contribution in [0.3, 0.4) is 0 Å². The first-order valence-electron chi connectivity index (χ1n) is 8.06. The summed E-state index contributed by atoms with van der Waals surface area (Å²) in [4.78, 5) is 24.3. The maximum atomic E-state index is 12.3. The molecule has 138 valence electrons. The lowest BCUT2D eigenvalue weighted by molar-refractivity contribution is -0.119. The fraction of sp³-hybridized carbons (Fsp3) is 0.158. The van der Waals surface area contributed by atoms with Crippen LogP contribution >= 0.6 is 15.9 Å². The van der Waals surface area contributed by atoms with Gasteiger partial charge in [0.05, 0.1) is 0 Å². The summed E-state index contributed by atoms with van der Waals surface area (Å²) < 4.78 is 22.0. The summed E-state index contributed by atoms with van der Waals surface area (Å²) in [6.07, 6.45) is 0. The second-order valence-electron chi connectivity index (χ2n) is 5.89. The lowest BCUT2D eigenvalue weighted by Crippen LogP contribution is -2.21. The topological polar surface area (TPSA) is 87.0 Å². The highest BCUT2D eigenvalue weighted by atomic mass is 79.9. The molecule has 1 aliphatic rings. The fourth-order valence-corrected chi connectivity index (χ4v) is 3.12. The molecular weight excluding hydrogens is 418 g/mol. The van der Waals surface area contributed by atoms with E-state index in [0.717, 1.165) is 9.86 Å². The van der Waals surface area contributed by atoms with E-state index in [1.54, 1.807) is 31.2 Å². The molecule has 4 rings (SSSR count). The van der Waals surface area contributed by atoms with Crippen molar-refractivity contribution < 1.29 is 28.2 Å². The standard InChI is InChI=1S/C19H14BrNO6/c1-10-13-6-11(20)2-4-14(13)27-18(10)19(23)24-8-17(22)21-12-3-5-15-16(7-12)26-9-25-15/h2-7H,8-9H2,1H3,(H,21,22). The van der Waals surface area contributed by atoms with Gasteiger partial charge in [0.1, 0.15) is 5.58 Å². The first kappa shape index (κ1) is 17.4. The smallest absolute Gasteiger partial charge is 0.375 e. The Labute approximate surface area is 162 Å². The molecule has 0 bridgehead atoms. The van der Waals surface area contributed by atoms with Crippen molar-refractivity contribution in [1.29, 1.82) is 0 Å². The molecule has 1 aromatic heterocycles. The summed E-state index contributed by atoms with van der Waals surface area (Å²) in [6.45, 7) is 1.48. The van der Waals surface area contributed by atoms with Crippen LogP contribution < -0.4 is 14.8 Å². The predicted octanol–water partition coefficient (Wildman–Crippen LogP) is 4.03. The van der Waals surface area contributed by atoms with Gasteiger partial charge in [-0.1, -0.05) is 15.9 Å². The van der Waals surface area contributed by atoms with E-state index in [2.05, 4.69) is 21.2 Å². The number of rotatable bonds is 4. The molecule has 1 aliphatic heterocycles. The van der Waals surface area contributed by atoms with Crippen molar-refractivity contribution in [2.45, 2.75) is 6.92 Å². The van der Waals surface area contributed by atoms with E-state index in [9.17, 15) is 9.59 Å². The molecule has 0 aliphatic carbocycles. The van der Waals surface area contributed by atoms with Crippen molar-refractivity contribution in [1.82, 2.24) is 0 Å². The largest absolute Gasteiger partial charge is 0.454 e. The number of nitrogens with one attached hydrogen (secondary N) is 1. The van der Waals surface area contributed by atoms with E-state index in [-0.39, 0.29) is 12.6 Å². The third-order valence-corrected chi connectivity index (χ3v) is 4.57. The average molecular weight is 432 g/mol. The Bertz CT molecular complexity index is 1060. The van der Waals surface area contributed by atoms with Gasteiger partial charge in [-0.05, 0) is 37.3 Å². The predicted molar refractivity (Wildman–Crippen MR) is 100 cm³/mol. The van der Waals surface area contributed by atoms with Gasteiger partial charge in [0, 0.05) is 27.2 Å². The van der Waals surface area contributed by atoms with Crippen LogP contribution in [-0.2, 0) is 9.53 Å². The molecule has 7 nitrogen and oxygen atoms in total. The summed E-state index contributed by atoms with van der Waals surface area (Å²) in [5.41, 5.74) is 1.75. The zero-order valence-corrected chi connectivity index (χ0v) is 15.8. The summed E-state index contributed by atoms with van der Waals surface area (Å²) >= 11 is 3.39. The molecule has 0 spiro atoms. The van der Waals surface area contributed by atoms with Crippen LogP contribution in [0.2, 0.25) is 0 Å². The highest BCUT2D eigenvalue weighted by Crippen LogP contribution is 2.34. The molecule has 2 aromatic carbocycles. The molecule has 3 aromatic rings. The maximum absolute atomic E-state index is 12.3. The lowest BCUT2D eigenvalue weighted by Gasteiger charge is -2.07. The van der Waals surface area contributed by atoms with Gasteiger partial charge in [0.2, 0.25) is 12.6 Å². The molecule has 0 saturated carbocycles. The monoisotopic (exact) mass is 431 g/mol. The molecule has 1 N–H and O–H groups in total. The highest BCUT2D eigenvalue weighted by Gasteiger charge is 2.20. The Hall–Kier alpha value is -3.00. The van der Waals surface area contributed by atoms with Gasteiger partial charge in [-0.15, -0.1) is 0 Å². The quantitative estimate of drug-likeness (QED) is 0.627. The van der Waals surface area contributed by atoms with Crippen molar-refractivity contribution >= 4 is 44.5 Å². The van der Waals surface area contributed by atoms with Gasteiger partial charge >= 0.3 is 5.97 Å². The van der Waals surface area contributed by atoms with E-state index in [1.165, 1.54) is 0 Å². The Kier molecular flexibility index (Phi) is 4.49. The van der Waals surface area contributed by atoms with Crippen molar-refractivity contribution in [3.05, 3.63) is 52.2 Å². The summed E-state index contributed by atoms with van der Waals surface area (Å²) in [6, 6.07) is 10.4. The van der Waals surface area contributed by atoms with Crippen molar-refractivity contribution in [2.24, 2.45) is 0 Å². The third kappa shape index (κ3) is 3.48. The minimum atomic E-state index is -0.694. The molecule has 27 heavy (non-hydrogen) atoms. The first-order chi connectivity index (χ1) is 13.0. The number of anilines is 1. The normalized spacial score (nSPS) is 12.2. The summed E-state index contributed by atoms with van der Waals surface area (Å²) in [5.74, 6) is 0.0821. The second kappa shape index (κ2) is 6.96. The van der Waals surface area contributed by atoms with Gasteiger partial charge in [-0.3, -0.25) is 4.79 Å². The molecule has 0 unspecified atom stereocenters.